The number of ether oxygens (including phenoxy) is 2. The van der Waals surface area contributed by atoms with E-state index in [9.17, 15) is 37.9 Å². The molecule has 1 aliphatic heterocycles. The predicted octanol–water partition coefficient (Wildman–Crippen LogP) is -1.37. The molecule has 42 heavy (non-hydrogen) atoms. The molecule has 1 saturated heterocycles. The van der Waals surface area contributed by atoms with Gasteiger partial charge in [-0.05, 0) is 47.1 Å². The van der Waals surface area contributed by atoms with Gasteiger partial charge in [0, 0.05) is 12.5 Å². The molecule has 2 aromatic carbocycles. The molecule has 218 valence electrons. The van der Waals surface area contributed by atoms with Crippen LogP contribution in [0.1, 0.15) is 18.1 Å². The van der Waals surface area contributed by atoms with Crippen LogP contribution in [0.4, 0.5) is 0 Å². The van der Waals surface area contributed by atoms with Crippen molar-refractivity contribution < 1.29 is 76.9 Å². The Bertz CT molecular complexity index is 1580. The maximum atomic E-state index is 12.1. The van der Waals surface area contributed by atoms with Crippen molar-refractivity contribution in [2.24, 2.45) is 0 Å². The third-order valence-corrected chi connectivity index (χ3v) is 7.85. The Labute approximate surface area is 273 Å². The third kappa shape index (κ3) is 7.52. The molecule has 0 aromatic heterocycles. The number of amides is 1. The Balaban J connectivity index is 0.00000484. The normalized spacial score (nSPS) is 25.3. The van der Waals surface area contributed by atoms with E-state index in [2.05, 4.69) is 5.32 Å². The minimum atomic E-state index is -4.92. The fraction of sp³-hybridized carbons (Fsp3) is 0.259. The molecule has 0 saturated carbocycles. The van der Waals surface area contributed by atoms with Gasteiger partial charge < -0.3 is 34.7 Å². The molecule has 11 nitrogen and oxygen atoms in total. The molecule has 1 aliphatic carbocycles. The maximum Gasteiger partial charge on any atom is 1.00 e. The average molecular weight is 648 g/mol. The first-order valence-corrected chi connectivity index (χ1v) is 14.2. The number of allylic oxidation sites excluding steroid dienone is 5. The zero-order chi connectivity index (χ0) is 30.1. The molecule has 4 rings (SSSR count). The fourth-order valence-electron chi connectivity index (χ4n) is 4.47. The largest absolute Gasteiger partial charge is 1.00 e. The Morgan fingerprint density at radius 3 is 2.40 bits per heavy atom. The van der Waals surface area contributed by atoms with E-state index in [1.54, 1.807) is 0 Å². The number of aliphatic hydroxyl groups excluding tert-OH is 3. The number of rotatable bonds is 7. The van der Waals surface area contributed by atoms with E-state index in [0.717, 1.165) is 6.07 Å². The van der Waals surface area contributed by atoms with Gasteiger partial charge in [-0.3, -0.25) is 9.59 Å². The van der Waals surface area contributed by atoms with Crippen molar-refractivity contribution in [2.45, 2.75) is 42.5 Å². The van der Waals surface area contributed by atoms with Crippen LogP contribution in [-0.2, 0) is 24.4 Å². The van der Waals surface area contributed by atoms with Gasteiger partial charge in [-0.1, -0.05) is 53.5 Å². The van der Waals surface area contributed by atoms with Crippen molar-refractivity contribution in [3.8, 4) is 5.75 Å². The second-order valence-electron chi connectivity index (χ2n) is 9.17. The van der Waals surface area contributed by atoms with Gasteiger partial charge in [0.2, 0.25) is 12.2 Å². The zero-order valence-electron chi connectivity index (χ0n) is 22.2. The summed E-state index contributed by atoms with van der Waals surface area (Å²) < 4.78 is 47.7. The van der Waals surface area contributed by atoms with E-state index in [-0.39, 0.29) is 56.5 Å². The number of ketones is 1. The summed E-state index contributed by atoms with van der Waals surface area (Å²) in [6.45, 7) is 0.543. The van der Waals surface area contributed by atoms with Gasteiger partial charge in [-0.2, -0.15) is 0 Å². The molecule has 1 amide bonds. The van der Waals surface area contributed by atoms with Crippen LogP contribution in [0, 0.1) is 0 Å². The number of nitrogens with one attached hydrogen (secondary N) is 1. The van der Waals surface area contributed by atoms with Crippen LogP contribution >= 0.6 is 23.2 Å². The van der Waals surface area contributed by atoms with Gasteiger partial charge in [-0.25, -0.2) is 8.42 Å². The van der Waals surface area contributed by atoms with Gasteiger partial charge in [-0.15, -0.1) is 0 Å². The second kappa shape index (κ2) is 14.1. The zero-order valence-corrected chi connectivity index (χ0v) is 26.6. The van der Waals surface area contributed by atoms with Crippen LogP contribution in [0.25, 0.3) is 5.57 Å². The minimum Gasteiger partial charge on any atom is -0.744 e. The monoisotopic (exact) mass is 647 g/mol. The third-order valence-electron chi connectivity index (χ3n) is 6.36. The smallest absolute Gasteiger partial charge is 0.744 e. The Morgan fingerprint density at radius 2 is 1.81 bits per heavy atom. The summed E-state index contributed by atoms with van der Waals surface area (Å²) in [5.41, 5.74) is 0.894. The SMILES string of the molecule is CC(=O)N[C@H]1[C@H](Oc2ccc(/C(=C3/C=CC(=O)C(Cl)=C3)c3ccccc3S(=O)(=O)[O-])cc2Cl)O[C@H](CO)[C@@H](O)[C@@H]1O.[Na+]. The maximum absolute atomic E-state index is 12.1. The van der Waals surface area contributed by atoms with Crippen LogP contribution in [0.3, 0.4) is 0 Å². The van der Waals surface area contributed by atoms with Crippen LogP contribution in [0.5, 0.6) is 5.75 Å². The van der Waals surface area contributed by atoms with E-state index < -0.39 is 64.0 Å². The summed E-state index contributed by atoms with van der Waals surface area (Å²) in [4.78, 5) is 23.2. The summed E-state index contributed by atoms with van der Waals surface area (Å²) in [5.74, 6) is -1.000. The van der Waals surface area contributed by atoms with E-state index in [0.29, 0.717) is 11.1 Å². The molecular formula is C27H24Cl2NNaO10S. The number of hydrogen-bond donors (Lipinski definition) is 4. The first-order valence-electron chi connectivity index (χ1n) is 12.1. The second-order valence-corrected chi connectivity index (χ2v) is 11.3. The van der Waals surface area contributed by atoms with Gasteiger partial charge in [0.1, 0.15) is 40.2 Å². The Hall–Kier alpha value is -2.07. The molecule has 4 N–H and O–H groups in total. The molecule has 15 heteroatoms. The van der Waals surface area contributed by atoms with E-state index in [4.69, 9.17) is 32.7 Å². The molecule has 1 heterocycles. The van der Waals surface area contributed by atoms with Crippen molar-refractivity contribution >= 4 is 50.6 Å². The van der Waals surface area contributed by atoms with Gasteiger partial charge in [0.05, 0.1) is 21.6 Å². The summed E-state index contributed by atoms with van der Waals surface area (Å²) in [6, 6.07) is 8.57. The van der Waals surface area contributed by atoms with Crippen LogP contribution in [-0.4, -0.2) is 77.2 Å². The fourth-order valence-corrected chi connectivity index (χ4v) is 5.56. The van der Waals surface area contributed by atoms with Gasteiger partial charge in [0.15, 0.2) is 5.78 Å². The van der Waals surface area contributed by atoms with E-state index in [1.165, 1.54) is 61.5 Å². The molecule has 0 radical (unpaired) electrons. The van der Waals surface area contributed by atoms with E-state index >= 15 is 0 Å². The summed E-state index contributed by atoms with van der Waals surface area (Å²) in [5, 5.41) is 32.6. The molecule has 0 unspecified atom stereocenters. The van der Waals surface area contributed by atoms with Gasteiger partial charge in [0.25, 0.3) is 0 Å². The number of carbonyl (C=O) groups excluding carboxylic acids is 2. The topological polar surface area (TPSA) is 183 Å². The Morgan fingerprint density at radius 1 is 1.12 bits per heavy atom. The van der Waals surface area contributed by atoms with Crippen molar-refractivity contribution in [3.63, 3.8) is 0 Å². The molecule has 5 atom stereocenters. The Kier molecular flexibility index (Phi) is 11.6. The van der Waals surface area contributed by atoms with Crippen molar-refractivity contribution in [3.05, 3.63) is 87.4 Å². The van der Waals surface area contributed by atoms with Crippen LogP contribution in [0.2, 0.25) is 5.02 Å². The molecule has 1 fully saturated rings. The van der Waals surface area contributed by atoms with Gasteiger partial charge >= 0.3 is 29.6 Å². The molecular weight excluding hydrogens is 624 g/mol. The summed E-state index contributed by atoms with van der Waals surface area (Å²) in [7, 11) is -4.92. The van der Waals surface area contributed by atoms with Crippen LogP contribution < -0.4 is 39.6 Å². The first kappa shape index (κ1) is 34.4. The predicted molar refractivity (Wildman–Crippen MR) is 146 cm³/mol. The quantitative estimate of drug-likeness (QED) is 0.207. The molecule has 2 aliphatic rings. The first-order chi connectivity index (χ1) is 19.3. The molecule has 2 aromatic rings. The number of hydrogen-bond acceptors (Lipinski definition) is 10. The average Bonchev–Trinajstić information content (AvgIpc) is 2.91. The summed E-state index contributed by atoms with van der Waals surface area (Å²) >= 11 is 12.6. The number of aliphatic hydroxyl groups is 3. The molecule has 0 spiro atoms. The number of halogens is 2. The standard InChI is InChI=1S/C27H25Cl2NO10S.Na/c1-13(32)30-24-26(35)25(34)21(12-31)40-27(24)39-20-9-7-15(11-18(20)29)23(14-6-8-19(33)17(28)10-14)16-4-2-3-5-22(16)41(36,37)38;/h2-11,21,24-27,31,34-35H,12H2,1H3,(H,30,32)(H,36,37,38);/q;+1/p-1/b23-14+;/t21-,24-,25-,26-,27-;/m1./s1. The number of carbonyl (C=O) groups is 2. The summed E-state index contributed by atoms with van der Waals surface area (Å²) in [6.07, 6.45) is -1.71. The minimum absolute atomic E-state index is 0. The van der Waals surface area contributed by atoms with E-state index in [1.807, 2.05) is 0 Å². The number of benzene rings is 2. The van der Waals surface area contributed by atoms with Crippen molar-refractivity contribution in [1.82, 2.24) is 5.32 Å². The van der Waals surface area contributed by atoms with Crippen LogP contribution in [0.15, 0.2) is 76.2 Å². The van der Waals surface area contributed by atoms with Crippen molar-refractivity contribution in [1.29, 1.82) is 0 Å². The molecule has 0 bridgehead atoms. The van der Waals surface area contributed by atoms with Crippen molar-refractivity contribution in [2.75, 3.05) is 6.61 Å².